The highest BCUT2D eigenvalue weighted by atomic mass is 32.1. The molecule has 1 aromatic heterocycles. The van der Waals surface area contributed by atoms with Crippen molar-refractivity contribution in [2.75, 3.05) is 0 Å². The number of unbranched alkanes of at least 4 members (excludes halogenated alkanes) is 1. The first-order valence-corrected chi connectivity index (χ1v) is 5.33. The minimum Gasteiger partial charge on any atom is -0.388 e. The molecule has 0 spiro atoms. The molecule has 5 heteroatoms. The Morgan fingerprint density at radius 2 is 2.21 bits per heavy atom. The third kappa shape index (κ3) is 2.29. The van der Waals surface area contributed by atoms with Crippen LogP contribution in [0, 0.1) is 0 Å². The van der Waals surface area contributed by atoms with Gasteiger partial charge in [-0.05, 0) is 12.8 Å². The van der Waals surface area contributed by atoms with Gasteiger partial charge in [0.25, 0.3) is 0 Å². The van der Waals surface area contributed by atoms with Crippen LogP contribution in [0.25, 0.3) is 0 Å². The molecule has 0 aliphatic rings. The molecule has 1 aromatic rings. The minimum atomic E-state index is 0.338. The summed E-state index contributed by atoms with van der Waals surface area (Å²) in [6, 6.07) is 0. The van der Waals surface area contributed by atoms with Gasteiger partial charge in [-0.1, -0.05) is 37.7 Å². The first-order chi connectivity index (χ1) is 6.70. The maximum Gasteiger partial charge on any atom is 0.143 e. The Balaban J connectivity index is 2.89. The summed E-state index contributed by atoms with van der Waals surface area (Å²) in [6.07, 6.45) is 3.11. The van der Waals surface area contributed by atoms with Crippen molar-refractivity contribution in [3.8, 4) is 0 Å². The summed E-state index contributed by atoms with van der Waals surface area (Å²) in [5, 5.41) is 8.03. The fourth-order valence-corrected chi connectivity index (χ4v) is 1.52. The number of hydrogen-bond acceptors (Lipinski definition) is 3. The molecule has 0 atom stereocenters. The largest absolute Gasteiger partial charge is 0.388 e. The van der Waals surface area contributed by atoms with Crippen molar-refractivity contribution in [2.45, 2.75) is 39.7 Å². The molecule has 0 aliphatic carbocycles. The van der Waals surface area contributed by atoms with Crippen LogP contribution in [0.5, 0.6) is 0 Å². The highest BCUT2D eigenvalue weighted by Crippen LogP contribution is 2.07. The summed E-state index contributed by atoms with van der Waals surface area (Å²) in [7, 11) is 0. The normalized spacial score (nSPS) is 10.4. The molecule has 14 heavy (non-hydrogen) atoms. The molecule has 0 bridgehead atoms. The highest BCUT2D eigenvalue weighted by Gasteiger charge is 2.12. The van der Waals surface area contributed by atoms with Gasteiger partial charge in [-0.25, -0.2) is 4.68 Å². The van der Waals surface area contributed by atoms with Gasteiger partial charge in [0.05, 0.1) is 5.69 Å². The molecular weight excluding hydrogens is 196 g/mol. The number of rotatable bonds is 5. The van der Waals surface area contributed by atoms with Crippen molar-refractivity contribution in [3.63, 3.8) is 0 Å². The maximum absolute atomic E-state index is 5.55. The van der Waals surface area contributed by atoms with Gasteiger partial charge in [0, 0.05) is 6.54 Å². The fraction of sp³-hybridized carbons (Fsp3) is 0.667. The van der Waals surface area contributed by atoms with Gasteiger partial charge in [0.15, 0.2) is 0 Å². The number of hydrogen-bond donors (Lipinski definition) is 1. The number of nitrogens with two attached hydrogens (primary N) is 1. The van der Waals surface area contributed by atoms with E-state index in [4.69, 9.17) is 18.0 Å². The smallest absolute Gasteiger partial charge is 0.143 e. The van der Waals surface area contributed by atoms with E-state index in [9.17, 15) is 0 Å². The number of thiocarbonyl (C=S) groups is 1. The summed E-state index contributed by atoms with van der Waals surface area (Å²) in [4.78, 5) is 0.338. The lowest BCUT2D eigenvalue weighted by Gasteiger charge is -2.03. The molecule has 0 aromatic carbocycles. The van der Waals surface area contributed by atoms with Crippen molar-refractivity contribution in [3.05, 3.63) is 11.4 Å². The molecule has 0 aliphatic heterocycles. The van der Waals surface area contributed by atoms with Crippen molar-refractivity contribution in [2.24, 2.45) is 5.73 Å². The van der Waals surface area contributed by atoms with Crippen LogP contribution in [0.4, 0.5) is 0 Å². The lowest BCUT2D eigenvalue weighted by atomic mass is 10.2. The summed E-state index contributed by atoms with van der Waals surface area (Å²) < 4.78 is 1.90. The van der Waals surface area contributed by atoms with Gasteiger partial charge in [-0.3, -0.25) is 0 Å². The van der Waals surface area contributed by atoms with Crippen LogP contribution in [0.3, 0.4) is 0 Å². The van der Waals surface area contributed by atoms with E-state index < -0.39 is 0 Å². The average molecular weight is 212 g/mol. The molecule has 0 amide bonds. The van der Waals surface area contributed by atoms with Crippen molar-refractivity contribution < 1.29 is 0 Å². The lowest BCUT2D eigenvalue weighted by molar-refractivity contribution is 0.535. The van der Waals surface area contributed by atoms with E-state index in [-0.39, 0.29) is 0 Å². The Bertz CT molecular complexity index is 319. The van der Waals surface area contributed by atoms with Crippen LogP contribution >= 0.6 is 12.2 Å². The second-order valence-electron chi connectivity index (χ2n) is 3.18. The molecule has 4 nitrogen and oxygen atoms in total. The van der Waals surface area contributed by atoms with Gasteiger partial charge in [-0.15, -0.1) is 5.10 Å². The molecule has 0 radical (unpaired) electrons. The summed E-state index contributed by atoms with van der Waals surface area (Å²) in [5.74, 6) is 0. The van der Waals surface area contributed by atoms with Crippen LogP contribution in [0.2, 0.25) is 0 Å². The molecule has 1 rings (SSSR count). The number of aromatic nitrogens is 3. The summed E-state index contributed by atoms with van der Waals surface area (Å²) in [6.45, 7) is 5.11. The number of nitrogens with zero attached hydrogens (tertiary/aromatic N) is 3. The van der Waals surface area contributed by atoms with Gasteiger partial charge in [0.2, 0.25) is 0 Å². The van der Waals surface area contributed by atoms with E-state index in [2.05, 4.69) is 24.2 Å². The van der Waals surface area contributed by atoms with E-state index in [1.54, 1.807) is 0 Å². The van der Waals surface area contributed by atoms with E-state index >= 15 is 0 Å². The van der Waals surface area contributed by atoms with Crippen molar-refractivity contribution in [1.82, 2.24) is 15.0 Å². The average Bonchev–Trinajstić information content (AvgIpc) is 2.57. The molecule has 0 saturated carbocycles. The zero-order valence-electron chi connectivity index (χ0n) is 8.66. The predicted molar refractivity (Wildman–Crippen MR) is 60.2 cm³/mol. The fourth-order valence-electron chi connectivity index (χ4n) is 1.36. The third-order valence-corrected chi connectivity index (χ3v) is 2.32. The first-order valence-electron chi connectivity index (χ1n) is 4.92. The zero-order chi connectivity index (χ0) is 10.6. The van der Waals surface area contributed by atoms with E-state index in [0.717, 1.165) is 31.5 Å². The molecule has 0 fully saturated rings. The summed E-state index contributed by atoms with van der Waals surface area (Å²) >= 11 is 4.90. The third-order valence-electron chi connectivity index (χ3n) is 2.13. The topological polar surface area (TPSA) is 56.7 Å². The Morgan fingerprint density at radius 3 is 2.71 bits per heavy atom. The van der Waals surface area contributed by atoms with Gasteiger partial charge >= 0.3 is 0 Å². The molecular formula is C9H16N4S. The Hall–Kier alpha value is -0.970. The lowest BCUT2D eigenvalue weighted by Crippen LogP contribution is -2.13. The van der Waals surface area contributed by atoms with Crippen LogP contribution in [0.1, 0.15) is 38.1 Å². The number of aryl methyl sites for hydroxylation is 1. The monoisotopic (exact) mass is 212 g/mol. The predicted octanol–water partition coefficient (Wildman–Crippen LogP) is 1.27. The SMILES string of the molecule is CCCCn1nnc(C(N)=S)c1CC. The van der Waals surface area contributed by atoms with Crippen molar-refractivity contribution in [1.29, 1.82) is 0 Å². The molecule has 2 N–H and O–H groups in total. The van der Waals surface area contributed by atoms with Crippen LogP contribution in [-0.2, 0) is 13.0 Å². The van der Waals surface area contributed by atoms with Gasteiger partial charge in [0.1, 0.15) is 10.7 Å². The van der Waals surface area contributed by atoms with Crippen LogP contribution in [0.15, 0.2) is 0 Å². The molecule has 78 valence electrons. The second kappa shape index (κ2) is 5.05. The molecule has 0 unspecified atom stereocenters. The maximum atomic E-state index is 5.55. The Morgan fingerprint density at radius 1 is 1.50 bits per heavy atom. The minimum absolute atomic E-state index is 0.338. The van der Waals surface area contributed by atoms with Crippen LogP contribution in [-0.4, -0.2) is 20.0 Å². The molecule has 1 heterocycles. The second-order valence-corrected chi connectivity index (χ2v) is 3.62. The van der Waals surface area contributed by atoms with E-state index in [1.807, 2.05) is 4.68 Å². The van der Waals surface area contributed by atoms with Gasteiger partial charge in [-0.2, -0.15) is 0 Å². The standard InChI is InChI=1S/C9H16N4S/c1-3-5-6-13-7(4-2)8(9(10)14)11-12-13/h3-6H2,1-2H3,(H2,10,14). The van der Waals surface area contributed by atoms with E-state index in [1.165, 1.54) is 0 Å². The van der Waals surface area contributed by atoms with Gasteiger partial charge < -0.3 is 5.73 Å². The Kier molecular flexibility index (Phi) is 4.00. The Labute approximate surface area is 89.5 Å². The quantitative estimate of drug-likeness (QED) is 0.747. The zero-order valence-corrected chi connectivity index (χ0v) is 9.47. The van der Waals surface area contributed by atoms with Crippen molar-refractivity contribution >= 4 is 17.2 Å². The summed E-state index contributed by atoms with van der Waals surface area (Å²) in [5.41, 5.74) is 7.27. The molecule has 0 saturated heterocycles. The van der Waals surface area contributed by atoms with Crippen LogP contribution < -0.4 is 5.73 Å². The highest BCUT2D eigenvalue weighted by molar-refractivity contribution is 7.80. The first kappa shape index (κ1) is 11.1. The van der Waals surface area contributed by atoms with E-state index in [0.29, 0.717) is 10.7 Å².